The van der Waals surface area contributed by atoms with Crippen molar-refractivity contribution in [3.63, 3.8) is 0 Å². The minimum absolute atomic E-state index is 0.0177. The van der Waals surface area contributed by atoms with Crippen LogP contribution < -0.4 is 10.5 Å². The lowest BCUT2D eigenvalue weighted by Gasteiger charge is -2.11. The van der Waals surface area contributed by atoms with E-state index in [9.17, 15) is 8.42 Å². The summed E-state index contributed by atoms with van der Waals surface area (Å²) in [4.78, 5) is 3.58. The zero-order valence-corrected chi connectivity index (χ0v) is 11.6. The van der Waals surface area contributed by atoms with E-state index in [0.717, 1.165) is 0 Å². The van der Waals surface area contributed by atoms with E-state index in [4.69, 9.17) is 22.6 Å². The summed E-state index contributed by atoms with van der Waals surface area (Å²) in [6.45, 7) is 0. The van der Waals surface area contributed by atoms with Crippen molar-refractivity contribution in [1.29, 1.82) is 5.26 Å². The van der Waals surface area contributed by atoms with E-state index in [1.165, 1.54) is 36.7 Å². The molecule has 20 heavy (non-hydrogen) atoms. The van der Waals surface area contributed by atoms with E-state index in [1.807, 2.05) is 6.07 Å². The van der Waals surface area contributed by atoms with Gasteiger partial charge in [0.05, 0.1) is 34.2 Å². The number of aromatic nitrogens is 1. The van der Waals surface area contributed by atoms with Gasteiger partial charge in [-0.1, -0.05) is 11.6 Å². The van der Waals surface area contributed by atoms with Gasteiger partial charge in [0.15, 0.2) is 0 Å². The fourth-order valence-corrected chi connectivity index (χ4v) is 3.09. The van der Waals surface area contributed by atoms with E-state index in [0.29, 0.717) is 0 Å². The summed E-state index contributed by atoms with van der Waals surface area (Å²) in [5, 5.41) is 8.83. The van der Waals surface area contributed by atoms with E-state index in [-0.39, 0.29) is 26.9 Å². The van der Waals surface area contributed by atoms with E-state index in [1.54, 1.807) is 0 Å². The number of hydrogen-bond donors (Lipinski definition) is 2. The number of halogens is 1. The predicted molar refractivity (Wildman–Crippen MR) is 75.6 cm³/mol. The number of benzene rings is 1. The Balaban J connectivity index is 2.47. The molecule has 0 aliphatic heterocycles. The quantitative estimate of drug-likeness (QED) is 0.901. The number of hydrogen-bond acceptors (Lipinski definition) is 5. The van der Waals surface area contributed by atoms with Crippen LogP contribution in [0.5, 0.6) is 0 Å². The fraction of sp³-hybridized carbons (Fsp3) is 0. The number of anilines is 2. The number of nitrogens with zero attached hydrogens (tertiary/aromatic N) is 2. The molecule has 1 heterocycles. The number of nitrogen functional groups attached to an aromatic ring is 1. The number of nitrogens with two attached hydrogens (primary N) is 1. The van der Waals surface area contributed by atoms with Crippen molar-refractivity contribution in [3.8, 4) is 6.07 Å². The molecule has 0 atom stereocenters. The first-order valence-electron chi connectivity index (χ1n) is 5.36. The van der Waals surface area contributed by atoms with Crippen molar-refractivity contribution in [1.82, 2.24) is 4.98 Å². The summed E-state index contributed by atoms with van der Waals surface area (Å²) in [6, 6.07) is 7.26. The summed E-state index contributed by atoms with van der Waals surface area (Å²) in [6.07, 6.45) is 2.73. The van der Waals surface area contributed by atoms with Crippen LogP contribution in [0, 0.1) is 11.3 Å². The molecule has 0 fully saturated rings. The number of nitriles is 1. The van der Waals surface area contributed by atoms with Gasteiger partial charge in [-0.3, -0.25) is 9.71 Å². The largest absolute Gasteiger partial charge is 0.396 e. The second-order valence-electron chi connectivity index (χ2n) is 3.83. The van der Waals surface area contributed by atoms with Crippen molar-refractivity contribution in [3.05, 3.63) is 47.2 Å². The predicted octanol–water partition coefficient (Wildman–Crippen LogP) is 1.99. The maximum absolute atomic E-state index is 12.3. The molecule has 0 unspecified atom stereocenters. The van der Waals surface area contributed by atoms with Gasteiger partial charge in [0.1, 0.15) is 4.90 Å². The minimum Gasteiger partial charge on any atom is -0.396 e. The lowest BCUT2D eigenvalue weighted by molar-refractivity contribution is 0.601. The molecule has 0 saturated carbocycles. The normalized spacial score (nSPS) is 10.8. The first kappa shape index (κ1) is 14.1. The van der Waals surface area contributed by atoms with Crippen LogP contribution >= 0.6 is 11.6 Å². The average Bonchev–Trinajstić information content (AvgIpc) is 2.41. The molecule has 2 aromatic rings. The van der Waals surface area contributed by atoms with E-state index >= 15 is 0 Å². The summed E-state index contributed by atoms with van der Waals surface area (Å²) in [5.74, 6) is 0. The van der Waals surface area contributed by atoms with Gasteiger partial charge in [0.25, 0.3) is 10.0 Å². The number of rotatable bonds is 3. The molecule has 1 aromatic carbocycles. The lowest BCUT2D eigenvalue weighted by atomic mass is 10.2. The van der Waals surface area contributed by atoms with Crippen LogP contribution in [-0.4, -0.2) is 13.4 Å². The molecular formula is C12H9ClN4O2S. The van der Waals surface area contributed by atoms with Crippen molar-refractivity contribution < 1.29 is 8.42 Å². The van der Waals surface area contributed by atoms with Crippen LogP contribution in [0.4, 0.5) is 11.4 Å². The van der Waals surface area contributed by atoms with Crippen LogP contribution in [0.3, 0.4) is 0 Å². The Kier molecular flexibility index (Phi) is 3.79. The van der Waals surface area contributed by atoms with Crippen LogP contribution in [0.2, 0.25) is 5.02 Å². The Morgan fingerprint density at radius 3 is 2.75 bits per heavy atom. The van der Waals surface area contributed by atoms with Gasteiger partial charge in [-0.2, -0.15) is 5.26 Å². The Bertz CT molecular complexity index is 799. The molecule has 3 N–H and O–H groups in total. The van der Waals surface area contributed by atoms with Gasteiger partial charge in [-0.25, -0.2) is 8.42 Å². The second kappa shape index (κ2) is 5.36. The highest BCUT2D eigenvalue weighted by atomic mass is 35.5. The lowest BCUT2D eigenvalue weighted by Crippen LogP contribution is -2.15. The highest BCUT2D eigenvalue weighted by Crippen LogP contribution is 2.26. The monoisotopic (exact) mass is 308 g/mol. The minimum atomic E-state index is -3.94. The zero-order chi connectivity index (χ0) is 14.8. The number of nitrogens with one attached hydrogen (secondary N) is 1. The van der Waals surface area contributed by atoms with Crippen LogP contribution in [0.25, 0.3) is 0 Å². The molecule has 0 aliphatic carbocycles. The standard InChI is InChI=1S/C12H9ClN4O2S/c13-9-2-1-8(6-14)5-12(9)20(18,19)17-11-3-4-16-7-10(11)15/h1-5,7H,15H2,(H,16,17). The Hall–Kier alpha value is -2.30. The van der Waals surface area contributed by atoms with Gasteiger partial charge in [-0.05, 0) is 24.3 Å². The smallest absolute Gasteiger partial charge is 0.263 e. The number of pyridine rings is 1. The highest BCUT2D eigenvalue weighted by Gasteiger charge is 2.19. The summed E-state index contributed by atoms with van der Waals surface area (Å²) in [5.41, 5.74) is 6.19. The third-order valence-electron chi connectivity index (χ3n) is 2.45. The summed E-state index contributed by atoms with van der Waals surface area (Å²) in [7, 11) is -3.94. The van der Waals surface area contributed by atoms with Gasteiger partial charge in [-0.15, -0.1) is 0 Å². The molecule has 0 aliphatic rings. The Morgan fingerprint density at radius 1 is 1.35 bits per heavy atom. The first-order valence-corrected chi connectivity index (χ1v) is 7.22. The van der Waals surface area contributed by atoms with Crippen molar-refractivity contribution in [2.45, 2.75) is 4.90 Å². The van der Waals surface area contributed by atoms with Crippen molar-refractivity contribution in [2.24, 2.45) is 0 Å². The number of sulfonamides is 1. The van der Waals surface area contributed by atoms with Gasteiger partial charge >= 0.3 is 0 Å². The zero-order valence-electron chi connectivity index (χ0n) is 10.0. The molecule has 102 valence electrons. The Labute approximate surface area is 120 Å². The maximum atomic E-state index is 12.3. The second-order valence-corrected chi connectivity index (χ2v) is 5.88. The van der Waals surface area contributed by atoms with Crippen LogP contribution in [0.15, 0.2) is 41.6 Å². The van der Waals surface area contributed by atoms with Crippen LogP contribution in [0.1, 0.15) is 5.56 Å². The molecule has 8 heteroatoms. The molecule has 6 nitrogen and oxygen atoms in total. The van der Waals surface area contributed by atoms with Gasteiger partial charge in [0, 0.05) is 6.20 Å². The fourth-order valence-electron chi connectivity index (χ4n) is 1.48. The summed E-state index contributed by atoms with van der Waals surface area (Å²) >= 11 is 5.87. The third kappa shape index (κ3) is 2.82. The molecule has 0 bridgehead atoms. The molecular weight excluding hydrogens is 300 g/mol. The molecule has 0 spiro atoms. The molecule has 1 aromatic heterocycles. The van der Waals surface area contributed by atoms with Crippen molar-refractivity contribution in [2.75, 3.05) is 10.5 Å². The van der Waals surface area contributed by atoms with Crippen LogP contribution in [-0.2, 0) is 10.0 Å². The molecule has 0 saturated heterocycles. The topological polar surface area (TPSA) is 109 Å². The van der Waals surface area contributed by atoms with Gasteiger partial charge < -0.3 is 5.73 Å². The molecule has 0 radical (unpaired) electrons. The molecule has 2 rings (SSSR count). The third-order valence-corrected chi connectivity index (χ3v) is 4.29. The first-order chi connectivity index (χ1) is 9.44. The SMILES string of the molecule is N#Cc1ccc(Cl)c(S(=O)(=O)Nc2ccncc2N)c1. The Morgan fingerprint density at radius 2 is 2.10 bits per heavy atom. The van der Waals surface area contributed by atoms with Crippen molar-refractivity contribution >= 4 is 33.0 Å². The average molecular weight is 309 g/mol. The summed E-state index contributed by atoms with van der Waals surface area (Å²) < 4.78 is 26.8. The maximum Gasteiger partial charge on any atom is 0.263 e. The van der Waals surface area contributed by atoms with E-state index < -0.39 is 10.0 Å². The highest BCUT2D eigenvalue weighted by molar-refractivity contribution is 7.92. The molecule has 0 amide bonds. The van der Waals surface area contributed by atoms with Gasteiger partial charge in [0.2, 0.25) is 0 Å². The van der Waals surface area contributed by atoms with E-state index in [2.05, 4.69) is 9.71 Å².